The minimum Gasteiger partial charge on any atom is -0.493 e. The lowest BCUT2D eigenvalue weighted by molar-refractivity contribution is -0.136. The van der Waals surface area contributed by atoms with Crippen molar-refractivity contribution < 1.29 is 37.7 Å². The third kappa shape index (κ3) is 11.3. The molecule has 0 saturated heterocycles. The highest BCUT2D eigenvalue weighted by Gasteiger charge is 2.30. The molecule has 0 amide bonds. The van der Waals surface area contributed by atoms with Crippen LogP contribution in [0.5, 0.6) is 23.0 Å². The first kappa shape index (κ1) is 45.7. The molecule has 1 unspecified atom stereocenters. The van der Waals surface area contributed by atoms with Gasteiger partial charge < -0.3 is 40.6 Å². The Morgan fingerprint density at radius 3 is 1.40 bits per heavy atom. The van der Waals surface area contributed by atoms with Crippen molar-refractivity contribution in [1.29, 1.82) is 0 Å². The van der Waals surface area contributed by atoms with Crippen LogP contribution in [-0.2, 0) is 46.5 Å². The minimum atomic E-state index is -1.14. The number of carbonyl (C=O) groups excluding carboxylic acids is 3. The van der Waals surface area contributed by atoms with E-state index in [2.05, 4.69) is 0 Å². The van der Waals surface area contributed by atoms with Crippen molar-refractivity contribution in [2.75, 3.05) is 7.11 Å². The Hall–Kier alpha value is -6.86. The van der Waals surface area contributed by atoms with Gasteiger partial charge in [-0.15, -0.1) is 0 Å². The summed E-state index contributed by atoms with van der Waals surface area (Å²) >= 11 is 0. The van der Waals surface area contributed by atoms with Gasteiger partial charge in [0.15, 0.2) is 17.2 Å². The zero-order valence-electron chi connectivity index (χ0n) is 36.1. The molecule has 5 aromatic carbocycles. The summed E-state index contributed by atoms with van der Waals surface area (Å²) in [6, 6.07) is 27.3. The summed E-state index contributed by atoms with van der Waals surface area (Å²) in [4.78, 5) is 56.6. The molecule has 1 aromatic heterocycles. The van der Waals surface area contributed by atoms with E-state index in [1.807, 2.05) is 131 Å². The number of allylic oxidation sites excluding steroid dienone is 4. The van der Waals surface area contributed by atoms with Gasteiger partial charge in [0.1, 0.15) is 40.4 Å². The molecule has 3 atom stereocenters. The van der Waals surface area contributed by atoms with Crippen molar-refractivity contribution in [2.45, 2.75) is 77.9 Å². The van der Waals surface area contributed by atoms with Crippen LogP contribution in [0.15, 0.2) is 136 Å². The van der Waals surface area contributed by atoms with Gasteiger partial charge in [-0.1, -0.05) is 114 Å². The molecule has 0 fully saturated rings. The second-order valence-corrected chi connectivity index (χ2v) is 15.9. The van der Waals surface area contributed by atoms with E-state index < -0.39 is 41.5 Å². The highest BCUT2D eigenvalue weighted by atomic mass is 16.6. The lowest BCUT2D eigenvalue weighted by atomic mass is 9.98. The number of benzene rings is 5. The van der Waals surface area contributed by atoms with Gasteiger partial charge in [0.05, 0.1) is 12.5 Å². The normalized spacial score (nSPS) is 12.5. The molecule has 0 aliphatic carbocycles. The topological polar surface area (TPSA) is 196 Å². The van der Waals surface area contributed by atoms with Gasteiger partial charge in [0.2, 0.25) is 5.43 Å². The predicted molar refractivity (Wildman–Crippen MR) is 244 cm³/mol. The minimum absolute atomic E-state index is 0.0121. The van der Waals surface area contributed by atoms with E-state index in [4.69, 9.17) is 40.6 Å². The van der Waals surface area contributed by atoms with Crippen LogP contribution in [0.1, 0.15) is 55.5 Å². The van der Waals surface area contributed by atoms with Crippen molar-refractivity contribution in [1.82, 2.24) is 0 Å². The Bertz CT molecular complexity index is 2720. The standard InChI is InChI=1S/C51H53N3O9/c1-30(2)21-23-35-40(61-49(56)37(52)25-32-15-9-6-10-16-32)28-42-45(48(35)63-51(58)39(54)27-34-19-13-8-14-20-34)46(55)44-36(24-22-31(3)4)47(59-5)43(29-41(44)60-42)62-50(57)38(53)26-33-17-11-7-12-18-33/h6-22,28-29,37-39H,23-27,52-54H2,1-5H3/t37-,38?,39-/m0/s1. The molecule has 0 saturated carbocycles. The molecule has 1 heterocycles. The largest absolute Gasteiger partial charge is 0.493 e. The van der Waals surface area contributed by atoms with Crippen LogP contribution in [-0.4, -0.2) is 43.1 Å². The molecule has 12 nitrogen and oxygen atoms in total. The number of hydrogen-bond acceptors (Lipinski definition) is 12. The van der Waals surface area contributed by atoms with Crippen molar-refractivity contribution in [3.63, 3.8) is 0 Å². The fraction of sp³-hybridized carbons (Fsp3) is 0.255. The van der Waals surface area contributed by atoms with E-state index in [0.717, 1.165) is 27.8 Å². The van der Waals surface area contributed by atoms with Gasteiger partial charge in [-0.05, 0) is 76.5 Å². The van der Waals surface area contributed by atoms with Gasteiger partial charge in [0.25, 0.3) is 0 Å². The SMILES string of the molecule is COc1c(OC(=O)C(N)Cc2ccccc2)cc2oc3cc(OC(=O)[C@@H](N)Cc4ccccc4)c(CC=C(C)C)c(OC(=O)[C@@H](N)Cc4ccccc4)c3c(=O)c2c1CC=C(C)C. The number of ether oxygens (including phenoxy) is 4. The Morgan fingerprint density at radius 1 is 0.556 bits per heavy atom. The molecular formula is C51H53N3O9. The van der Waals surface area contributed by atoms with E-state index in [-0.39, 0.29) is 82.6 Å². The van der Waals surface area contributed by atoms with Crippen LogP contribution in [0.4, 0.5) is 0 Å². The summed E-state index contributed by atoms with van der Waals surface area (Å²) < 4.78 is 30.5. The molecule has 6 aromatic rings. The van der Waals surface area contributed by atoms with E-state index in [1.54, 1.807) is 0 Å². The molecular weight excluding hydrogens is 799 g/mol. The van der Waals surface area contributed by atoms with Crippen molar-refractivity contribution in [2.24, 2.45) is 17.2 Å². The first-order valence-corrected chi connectivity index (χ1v) is 20.7. The second kappa shape index (κ2) is 20.8. The maximum atomic E-state index is 15.2. The summed E-state index contributed by atoms with van der Waals surface area (Å²) in [6.07, 6.45) is 4.51. The molecule has 0 aliphatic rings. The molecule has 0 aliphatic heterocycles. The Kier molecular flexibility index (Phi) is 15.1. The lowest BCUT2D eigenvalue weighted by Gasteiger charge is -2.20. The first-order chi connectivity index (χ1) is 30.2. The summed E-state index contributed by atoms with van der Waals surface area (Å²) in [5, 5.41) is -0.0256. The quantitative estimate of drug-likeness (QED) is 0.0357. The van der Waals surface area contributed by atoms with Gasteiger partial charge in [-0.25, -0.2) is 14.4 Å². The molecule has 0 spiro atoms. The Balaban J connectivity index is 1.56. The summed E-state index contributed by atoms with van der Waals surface area (Å²) in [5.74, 6) is -2.51. The zero-order valence-corrected chi connectivity index (χ0v) is 36.1. The average molecular weight is 852 g/mol. The summed E-state index contributed by atoms with van der Waals surface area (Å²) in [5.41, 5.74) is 23.4. The number of hydrogen-bond donors (Lipinski definition) is 3. The number of esters is 3. The molecule has 63 heavy (non-hydrogen) atoms. The maximum Gasteiger partial charge on any atom is 0.328 e. The predicted octanol–water partition coefficient (Wildman–Crippen LogP) is 7.40. The highest BCUT2D eigenvalue weighted by Crippen LogP contribution is 2.42. The number of methoxy groups -OCH3 is 1. The van der Waals surface area contributed by atoms with Crippen LogP contribution in [0.3, 0.4) is 0 Å². The smallest absolute Gasteiger partial charge is 0.328 e. The molecule has 6 rings (SSSR count). The fourth-order valence-electron chi connectivity index (χ4n) is 7.09. The number of fused-ring (bicyclic) bond motifs is 2. The molecule has 326 valence electrons. The van der Waals surface area contributed by atoms with E-state index in [0.29, 0.717) is 5.56 Å². The van der Waals surface area contributed by atoms with E-state index in [9.17, 15) is 14.4 Å². The summed E-state index contributed by atoms with van der Waals surface area (Å²) in [6.45, 7) is 7.57. The van der Waals surface area contributed by atoms with Gasteiger partial charge in [-0.2, -0.15) is 0 Å². The molecule has 6 N–H and O–H groups in total. The van der Waals surface area contributed by atoms with Crippen molar-refractivity contribution >= 4 is 39.8 Å². The maximum absolute atomic E-state index is 15.2. The van der Waals surface area contributed by atoms with Crippen LogP contribution in [0.2, 0.25) is 0 Å². The Labute approximate surface area is 366 Å². The number of nitrogens with two attached hydrogens (primary N) is 3. The molecule has 12 heteroatoms. The molecule has 0 radical (unpaired) electrons. The van der Waals surface area contributed by atoms with Crippen LogP contribution in [0.25, 0.3) is 21.9 Å². The van der Waals surface area contributed by atoms with Crippen LogP contribution >= 0.6 is 0 Å². The molecule has 0 bridgehead atoms. The van der Waals surface area contributed by atoms with Gasteiger partial charge in [0, 0.05) is 23.3 Å². The highest BCUT2D eigenvalue weighted by molar-refractivity contribution is 6.00. The van der Waals surface area contributed by atoms with E-state index >= 15 is 4.79 Å². The average Bonchev–Trinajstić information content (AvgIpc) is 3.25. The number of rotatable bonds is 17. The third-order valence-corrected chi connectivity index (χ3v) is 10.3. The zero-order chi connectivity index (χ0) is 45.2. The van der Waals surface area contributed by atoms with Crippen molar-refractivity contribution in [3.8, 4) is 23.0 Å². The lowest BCUT2D eigenvalue weighted by Crippen LogP contribution is -2.37. The van der Waals surface area contributed by atoms with Gasteiger partial charge in [-0.3, -0.25) is 4.79 Å². The van der Waals surface area contributed by atoms with Crippen molar-refractivity contribution in [3.05, 3.63) is 164 Å². The Morgan fingerprint density at radius 2 is 0.952 bits per heavy atom. The first-order valence-electron chi connectivity index (χ1n) is 20.7. The van der Waals surface area contributed by atoms with Crippen LogP contribution in [0, 0.1) is 0 Å². The monoisotopic (exact) mass is 851 g/mol. The van der Waals surface area contributed by atoms with E-state index in [1.165, 1.54) is 19.2 Å². The fourth-order valence-corrected chi connectivity index (χ4v) is 7.09. The van der Waals surface area contributed by atoms with Crippen LogP contribution < -0.4 is 41.6 Å². The van der Waals surface area contributed by atoms with Gasteiger partial charge >= 0.3 is 17.9 Å². The summed E-state index contributed by atoms with van der Waals surface area (Å²) in [7, 11) is 1.40. The second-order valence-electron chi connectivity index (χ2n) is 15.9. The number of carbonyl (C=O) groups is 3. The third-order valence-electron chi connectivity index (χ3n) is 10.3.